The number of carbonyl (C=O) groups is 1. The minimum Gasteiger partial charge on any atom is -0.508 e. The number of aliphatic hydroxyl groups excluding tert-OH is 1. The summed E-state index contributed by atoms with van der Waals surface area (Å²) in [4.78, 5) is 13.3. The van der Waals surface area contributed by atoms with Crippen LogP contribution >= 0.6 is 11.8 Å². The van der Waals surface area contributed by atoms with E-state index in [1.807, 2.05) is 36.4 Å². The maximum absolute atomic E-state index is 13.3. The topological polar surface area (TPSA) is 144 Å². The molecule has 1 aliphatic heterocycles. The molecule has 10 rings (SSSR count). The maximum Gasteiger partial charge on any atom is 0.315 e. The SMILES string of the molecule is O=C(NCc1ccccc1-c1ccc([C@@H]2O[C@H](CSc3nnnn3-c3ccc(O)cc3)C[C@H](c3ccc(CO)cc3)O2)cc1)NC12CC3CC(CC(C3)C1)C2. The number of hydrogen-bond acceptors (Lipinski definition) is 9. The van der Waals surface area contributed by atoms with E-state index >= 15 is 0 Å². The maximum atomic E-state index is 13.3. The second-order valence-electron chi connectivity index (χ2n) is 15.8. The number of ether oxygens (including phenoxy) is 2. The van der Waals surface area contributed by atoms with Crippen LogP contribution in [0.4, 0.5) is 4.79 Å². The van der Waals surface area contributed by atoms with Gasteiger partial charge in [0.15, 0.2) is 6.29 Å². The summed E-state index contributed by atoms with van der Waals surface area (Å²) in [5.41, 5.74) is 6.64. The summed E-state index contributed by atoms with van der Waals surface area (Å²) in [7, 11) is 0. The van der Waals surface area contributed by atoms with Crippen molar-refractivity contribution in [1.82, 2.24) is 30.8 Å². The van der Waals surface area contributed by atoms with Gasteiger partial charge in [-0.25, -0.2) is 4.79 Å². The normalized spacial score (nSPS) is 26.9. The number of aliphatic hydroxyl groups is 1. The van der Waals surface area contributed by atoms with E-state index in [9.17, 15) is 15.0 Å². The Morgan fingerprint density at radius 3 is 2.24 bits per heavy atom. The van der Waals surface area contributed by atoms with Gasteiger partial charge in [0.25, 0.3) is 0 Å². The van der Waals surface area contributed by atoms with Gasteiger partial charge in [-0.2, -0.15) is 4.68 Å². The first-order chi connectivity index (χ1) is 26.9. The van der Waals surface area contributed by atoms with Crippen LogP contribution in [-0.4, -0.2) is 53.8 Å². The van der Waals surface area contributed by atoms with Gasteiger partial charge < -0.3 is 30.3 Å². The quantitative estimate of drug-likeness (QED) is 0.100. The number of carbonyl (C=O) groups excluding carboxylic acids is 1. The molecule has 1 saturated heterocycles. The molecule has 4 bridgehead atoms. The fraction of sp³-hybridized carbons (Fsp3) is 0.395. The van der Waals surface area contributed by atoms with Crippen LogP contribution in [0.5, 0.6) is 5.75 Å². The molecule has 4 N–H and O–H groups in total. The molecule has 5 fully saturated rings. The van der Waals surface area contributed by atoms with Crippen LogP contribution in [0.2, 0.25) is 0 Å². The van der Waals surface area contributed by atoms with E-state index in [0.29, 0.717) is 23.9 Å². The molecular formula is C43H46N6O5S. The van der Waals surface area contributed by atoms with Crippen LogP contribution in [0.25, 0.3) is 16.8 Å². The molecule has 12 heteroatoms. The number of amides is 2. The summed E-state index contributed by atoms with van der Waals surface area (Å²) in [6, 6.07) is 31.0. The zero-order valence-corrected chi connectivity index (χ0v) is 31.4. The Bertz CT molecular complexity index is 2070. The zero-order chi connectivity index (χ0) is 37.4. The van der Waals surface area contributed by atoms with Crippen molar-refractivity contribution in [2.75, 3.05) is 5.75 Å². The van der Waals surface area contributed by atoms with Gasteiger partial charge in [0, 0.05) is 29.8 Å². The Morgan fingerprint density at radius 1 is 0.836 bits per heavy atom. The van der Waals surface area contributed by atoms with Crippen molar-refractivity contribution in [2.45, 2.75) is 87.3 Å². The summed E-state index contributed by atoms with van der Waals surface area (Å²) in [5, 5.41) is 38.9. The lowest BCUT2D eigenvalue weighted by atomic mass is 9.53. The number of phenols is 1. The number of nitrogens with zero attached hydrogens (tertiary/aromatic N) is 4. The highest BCUT2D eigenvalue weighted by atomic mass is 32.2. The second kappa shape index (κ2) is 15.4. The van der Waals surface area contributed by atoms with Gasteiger partial charge in [0.1, 0.15) is 5.75 Å². The first kappa shape index (κ1) is 35.9. The molecule has 1 aromatic heterocycles. The number of tetrazole rings is 1. The average Bonchev–Trinajstić information content (AvgIpc) is 3.68. The predicted octanol–water partition coefficient (Wildman–Crippen LogP) is 7.63. The molecule has 3 atom stereocenters. The molecule has 5 aliphatic rings. The number of rotatable bonds is 11. The third-order valence-electron chi connectivity index (χ3n) is 11.9. The molecule has 11 nitrogen and oxygen atoms in total. The lowest BCUT2D eigenvalue weighted by Gasteiger charge is -2.56. The van der Waals surface area contributed by atoms with E-state index in [0.717, 1.165) is 76.1 Å². The van der Waals surface area contributed by atoms with Gasteiger partial charge in [-0.15, -0.1) is 5.10 Å². The molecule has 284 valence electrons. The molecule has 4 aliphatic carbocycles. The van der Waals surface area contributed by atoms with Crippen LogP contribution in [0, 0.1) is 17.8 Å². The smallest absolute Gasteiger partial charge is 0.315 e. The highest BCUT2D eigenvalue weighted by Crippen LogP contribution is 2.55. The molecule has 2 heterocycles. The number of urea groups is 1. The van der Waals surface area contributed by atoms with E-state index in [1.54, 1.807) is 28.9 Å². The molecule has 55 heavy (non-hydrogen) atoms. The average molecular weight is 759 g/mol. The summed E-state index contributed by atoms with van der Waals surface area (Å²) in [6.07, 6.45) is 7.00. The van der Waals surface area contributed by atoms with Crippen LogP contribution in [-0.2, 0) is 22.6 Å². The van der Waals surface area contributed by atoms with Crippen LogP contribution < -0.4 is 10.6 Å². The van der Waals surface area contributed by atoms with E-state index in [-0.39, 0.29) is 36.1 Å². The lowest BCUT2D eigenvalue weighted by molar-refractivity contribution is -0.245. The molecule has 0 spiro atoms. The summed E-state index contributed by atoms with van der Waals surface area (Å²) in [5.74, 6) is 3.08. The van der Waals surface area contributed by atoms with Crippen LogP contribution in [0.15, 0.2) is 102 Å². The monoisotopic (exact) mass is 758 g/mol. The number of aromatic nitrogens is 4. The molecule has 4 saturated carbocycles. The number of aromatic hydroxyl groups is 1. The minimum atomic E-state index is -0.616. The molecule has 0 unspecified atom stereocenters. The van der Waals surface area contributed by atoms with E-state index < -0.39 is 6.29 Å². The third kappa shape index (κ3) is 7.86. The lowest BCUT2D eigenvalue weighted by Crippen LogP contribution is -2.61. The highest BCUT2D eigenvalue weighted by molar-refractivity contribution is 7.99. The van der Waals surface area contributed by atoms with Gasteiger partial charge >= 0.3 is 6.03 Å². The van der Waals surface area contributed by atoms with Crippen molar-refractivity contribution in [3.8, 4) is 22.6 Å². The predicted molar refractivity (Wildman–Crippen MR) is 208 cm³/mol. The van der Waals surface area contributed by atoms with Crippen LogP contribution in [0.1, 0.15) is 79.6 Å². The van der Waals surface area contributed by atoms with Crippen molar-refractivity contribution >= 4 is 17.8 Å². The Morgan fingerprint density at radius 2 is 1.53 bits per heavy atom. The standard InChI is InChI=1S/C43H46N6O5S/c50-25-27-5-7-32(8-6-27)39-20-37(26-55-42-46-47-48-49(42)35-13-15-36(51)16-14-35)53-40(54-39)33-11-9-31(10-12-33)38-4-2-1-3-34(38)24-44-41(52)45-43-21-28-17-29(22-43)19-30(18-28)23-43/h1-16,28-30,37,39-40,50-51H,17-26H2,(H2,44,45,52)/t28?,29?,30?,37-,39+,40+,43?/m0/s1. The first-order valence-electron chi connectivity index (χ1n) is 19.3. The van der Waals surface area contributed by atoms with Gasteiger partial charge in [-0.05, 0) is 119 Å². The number of phenolic OH excluding ortho intramolecular Hbond substituents is 1. The molecule has 0 radical (unpaired) electrons. The minimum absolute atomic E-state index is 0.0207. The van der Waals surface area contributed by atoms with Gasteiger partial charge in [-0.3, -0.25) is 0 Å². The number of hydrogen-bond donors (Lipinski definition) is 4. The van der Waals surface area contributed by atoms with E-state index in [4.69, 9.17) is 9.47 Å². The number of benzene rings is 4. The van der Waals surface area contributed by atoms with Crippen molar-refractivity contribution in [2.24, 2.45) is 17.8 Å². The Balaban J connectivity index is 0.888. The zero-order valence-electron chi connectivity index (χ0n) is 30.6. The fourth-order valence-electron chi connectivity index (χ4n) is 9.72. The van der Waals surface area contributed by atoms with Crippen molar-refractivity contribution in [1.29, 1.82) is 0 Å². The van der Waals surface area contributed by atoms with Gasteiger partial charge in [0.05, 0.1) is 24.5 Å². The van der Waals surface area contributed by atoms with Gasteiger partial charge in [-0.1, -0.05) is 84.6 Å². The molecule has 5 aromatic rings. The second-order valence-corrected chi connectivity index (χ2v) is 16.8. The summed E-state index contributed by atoms with van der Waals surface area (Å²) >= 11 is 1.50. The highest BCUT2D eigenvalue weighted by Gasteiger charge is 2.51. The van der Waals surface area contributed by atoms with E-state index in [2.05, 4.69) is 62.6 Å². The first-order valence-corrected chi connectivity index (χ1v) is 20.3. The third-order valence-corrected chi connectivity index (χ3v) is 13.0. The molecular weight excluding hydrogens is 713 g/mol. The Kier molecular flexibility index (Phi) is 10.1. The van der Waals surface area contributed by atoms with Crippen LogP contribution in [0.3, 0.4) is 0 Å². The van der Waals surface area contributed by atoms with Crippen molar-refractivity contribution in [3.63, 3.8) is 0 Å². The fourth-order valence-corrected chi connectivity index (χ4v) is 10.6. The van der Waals surface area contributed by atoms with Gasteiger partial charge in [0.2, 0.25) is 5.16 Å². The number of nitrogens with one attached hydrogen (secondary N) is 2. The van der Waals surface area contributed by atoms with Crippen molar-refractivity contribution < 1.29 is 24.5 Å². The molecule has 4 aromatic carbocycles. The summed E-state index contributed by atoms with van der Waals surface area (Å²) < 4.78 is 14.9. The molecule has 2 amide bonds. The van der Waals surface area contributed by atoms with Crippen molar-refractivity contribution in [3.05, 3.63) is 119 Å². The largest absolute Gasteiger partial charge is 0.508 e. The Labute approximate surface area is 324 Å². The van der Waals surface area contributed by atoms with E-state index in [1.165, 1.54) is 31.0 Å². The Hall–Kier alpha value is -4.75. The summed E-state index contributed by atoms with van der Waals surface area (Å²) in [6.45, 7) is 0.421. The number of thioether (sulfide) groups is 1.